The van der Waals surface area contributed by atoms with Gasteiger partial charge in [-0.3, -0.25) is 4.72 Å². The third-order valence-corrected chi connectivity index (χ3v) is 4.54. The van der Waals surface area contributed by atoms with Crippen LogP contribution < -0.4 is 4.72 Å². The highest BCUT2D eigenvalue weighted by Crippen LogP contribution is 2.21. The maximum absolute atomic E-state index is 12.5. The zero-order chi connectivity index (χ0) is 16.2. The van der Waals surface area contributed by atoms with Crippen LogP contribution in [0.5, 0.6) is 0 Å². The van der Waals surface area contributed by atoms with Crippen molar-refractivity contribution in [2.45, 2.75) is 18.7 Å². The van der Waals surface area contributed by atoms with Crippen LogP contribution in [-0.4, -0.2) is 21.0 Å². The highest BCUT2D eigenvalue weighted by Gasteiger charge is 2.19. The van der Waals surface area contributed by atoms with Crippen molar-refractivity contribution in [2.75, 3.05) is 11.3 Å². The number of benzene rings is 2. The molecule has 2 rings (SSSR count). The first-order valence-corrected chi connectivity index (χ1v) is 8.28. The lowest BCUT2D eigenvalue weighted by Gasteiger charge is -2.11. The maximum atomic E-state index is 12.5. The Hall–Kier alpha value is -2.34. The zero-order valence-electron chi connectivity index (χ0n) is 12.4. The molecule has 0 unspecified atom stereocenters. The first kappa shape index (κ1) is 16.0. The molecule has 0 bridgehead atoms. The summed E-state index contributed by atoms with van der Waals surface area (Å²) in [5.41, 5.74) is 1.22. The van der Waals surface area contributed by atoms with Crippen molar-refractivity contribution >= 4 is 21.7 Å². The van der Waals surface area contributed by atoms with Crippen LogP contribution in [0.1, 0.15) is 22.8 Å². The van der Waals surface area contributed by atoms with E-state index in [1.807, 2.05) is 0 Å². The zero-order valence-corrected chi connectivity index (χ0v) is 13.2. The van der Waals surface area contributed by atoms with Crippen LogP contribution >= 0.6 is 0 Å². The molecule has 0 saturated heterocycles. The molecular weight excluding hydrogens is 302 g/mol. The van der Waals surface area contributed by atoms with Gasteiger partial charge in [0.05, 0.1) is 17.1 Å². The summed E-state index contributed by atoms with van der Waals surface area (Å²) in [5.74, 6) is -0.543. The number of hydrogen-bond donors (Lipinski definition) is 1. The molecule has 0 aromatic heterocycles. The van der Waals surface area contributed by atoms with Crippen LogP contribution in [0.2, 0.25) is 0 Å². The second kappa shape index (κ2) is 6.62. The average Bonchev–Trinajstić information content (AvgIpc) is 2.48. The Bertz CT molecular complexity index is 770. The Balaban J connectivity index is 2.38. The van der Waals surface area contributed by atoms with E-state index in [-0.39, 0.29) is 17.1 Å². The summed E-state index contributed by atoms with van der Waals surface area (Å²) in [6.07, 6.45) is 0. The van der Waals surface area contributed by atoms with E-state index in [0.717, 1.165) is 0 Å². The minimum atomic E-state index is -3.77. The third kappa shape index (κ3) is 3.65. The van der Waals surface area contributed by atoms with E-state index >= 15 is 0 Å². The molecule has 0 aliphatic heterocycles. The minimum absolute atomic E-state index is 0.0573. The second-order valence-corrected chi connectivity index (χ2v) is 6.32. The van der Waals surface area contributed by atoms with Crippen molar-refractivity contribution in [3.05, 3.63) is 59.7 Å². The van der Waals surface area contributed by atoms with Gasteiger partial charge in [-0.1, -0.05) is 24.3 Å². The molecule has 0 aliphatic carbocycles. The third-order valence-electron chi connectivity index (χ3n) is 3.01. The predicted octanol–water partition coefficient (Wildman–Crippen LogP) is 2.97. The summed E-state index contributed by atoms with van der Waals surface area (Å²) >= 11 is 0. The van der Waals surface area contributed by atoms with Gasteiger partial charge in [0.25, 0.3) is 10.0 Å². The van der Waals surface area contributed by atoms with Crippen LogP contribution in [-0.2, 0) is 14.8 Å². The fourth-order valence-electron chi connectivity index (χ4n) is 1.95. The second-order valence-electron chi connectivity index (χ2n) is 4.67. The molecule has 0 atom stereocenters. The Labute approximate surface area is 130 Å². The number of rotatable bonds is 5. The van der Waals surface area contributed by atoms with Gasteiger partial charge >= 0.3 is 5.97 Å². The summed E-state index contributed by atoms with van der Waals surface area (Å²) in [5, 5.41) is 0. The number of sulfonamides is 1. The van der Waals surface area contributed by atoms with E-state index in [4.69, 9.17) is 4.74 Å². The van der Waals surface area contributed by atoms with Crippen LogP contribution in [0.4, 0.5) is 5.69 Å². The Morgan fingerprint density at radius 3 is 2.45 bits per heavy atom. The lowest BCUT2D eigenvalue weighted by atomic mass is 10.1. The molecule has 0 amide bonds. The van der Waals surface area contributed by atoms with Gasteiger partial charge in [0.15, 0.2) is 0 Å². The lowest BCUT2D eigenvalue weighted by Crippen LogP contribution is -2.15. The van der Waals surface area contributed by atoms with Crippen LogP contribution in [0.3, 0.4) is 0 Å². The summed E-state index contributed by atoms with van der Waals surface area (Å²) < 4.78 is 32.4. The van der Waals surface area contributed by atoms with E-state index in [9.17, 15) is 13.2 Å². The number of carbonyl (C=O) groups is 1. The number of aryl methyl sites for hydroxylation is 1. The standard InChI is InChI=1S/C16H17NO4S/c1-3-21-16(18)13-10-9-12(2)15(11-13)22(19,20)17-14-7-5-4-6-8-14/h4-11,17H,3H2,1-2H3. The van der Waals surface area contributed by atoms with Gasteiger partial charge in [-0.2, -0.15) is 0 Å². The summed E-state index contributed by atoms with van der Waals surface area (Å²) in [7, 11) is -3.77. The molecule has 0 fully saturated rings. The topological polar surface area (TPSA) is 72.5 Å². The molecule has 0 heterocycles. The normalized spacial score (nSPS) is 11.0. The van der Waals surface area contributed by atoms with Crippen molar-refractivity contribution in [2.24, 2.45) is 0 Å². The summed E-state index contributed by atoms with van der Waals surface area (Å²) in [6, 6.07) is 13.0. The number of nitrogens with one attached hydrogen (secondary N) is 1. The number of ether oxygens (including phenoxy) is 1. The maximum Gasteiger partial charge on any atom is 0.338 e. The quantitative estimate of drug-likeness (QED) is 0.860. The molecule has 0 aliphatic rings. The van der Waals surface area contributed by atoms with Crippen molar-refractivity contribution in [1.82, 2.24) is 0 Å². The molecule has 0 radical (unpaired) electrons. The van der Waals surface area contributed by atoms with Crippen LogP contribution in [0.25, 0.3) is 0 Å². The fourth-order valence-corrected chi connectivity index (χ4v) is 3.28. The van der Waals surface area contributed by atoms with E-state index in [2.05, 4.69) is 4.72 Å². The average molecular weight is 319 g/mol. The van der Waals surface area contributed by atoms with Crippen LogP contribution in [0.15, 0.2) is 53.4 Å². The highest BCUT2D eigenvalue weighted by molar-refractivity contribution is 7.92. The van der Waals surface area contributed by atoms with Crippen molar-refractivity contribution < 1.29 is 17.9 Å². The molecule has 2 aromatic carbocycles. The van der Waals surface area contributed by atoms with Crippen molar-refractivity contribution in [3.63, 3.8) is 0 Å². The lowest BCUT2D eigenvalue weighted by molar-refractivity contribution is 0.0526. The molecular formula is C16H17NO4S. The van der Waals surface area contributed by atoms with Gasteiger partial charge in [-0.25, -0.2) is 13.2 Å². The molecule has 22 heavy (non-hydrogen) atoms. The van der Waals surface area contributed by atoms with Crippen LogP contribution in [0, 0.1) is 6.92 Å². The Kier molecular flexibility index (Phi) is 4.82. The number of anilines is 1. The number of hydrogen-bond acceptors (Lipinski definition) is 4. The predicted molar refractivity (Wildman–Crippen MR) is 84.4 cm³/mol. The summed E-state index contributed by atoms with van der Waals surface area (Å²) in [6.45, 7) is 3.60. The monoisotopic (exact) mass is 319 g/mol. The van der Waals surface area contributed by atoms with Crippen molar-refractivity contribution in [3.8, 4) is 0 Å². The molecule has 5 nitrogen and oxygen atoms in total. The molecule has 6 heteroatoms. The number of esters is 1. The molecule has 1 N–H and O–H groups in total. The van der Waals surface area contributed by atoms with E-state index in [1.165, 1.54) is 6.07 Å². The van der Waals surface area contributed by atoms with Gasteiger partial charge in [0, 0.05) is 5.69 Å². The van der Waals surface area contributed by atoms with Gasteiger partial charge in [-0.05, 0) is 43.7 Å². The first-order chi connectivity index (χ1) is 10.4. The number of para-hydroxylation sites is 1. The SMILES string of the molecule is CCOC(=O)c1ccc(C)c(S(=O)(=O)Nc2ccccc2)c1. The minimum Gasteiger partial charge on any atom is -0.462 e. The fraction of sp³-hybridized carbons (Fsp3) is 0.188. The molecule has 2 aromatic rings. The first-order valence-electron chi connectivity index (χ1n) is 6.79. The van der Waals surface area contributed by atoms with Gasteiger partial charge in [0.2, 0.25) is 0 Å². The smallest absolute Gasteiger partial charge is 0.338 e. The van der Waals surface area contributed by atoms with Gasteiger partial charge < -0.3 is 4.74 Å². The van der Waals surface area contributed by atoms with E-state index < -0.39 is 16.0 Å². The number of carbonyl (C=O) groups excluding carboxylic acids is 1. The summed E-state index contributed by atoms with van der Waals surface area (Å²) in [4.78, 5) is 11.8. The van der Waals surface area contributed by atoms with E-state index in [0.29, 0.717) is 11.3 Å². The Morgan fingerprint density at radius 2 is 1.82 bits per heavy atom. The van der Waals surface area contributed by atoms with Gasteiger partial charge in [0.1, 0.15) is 0 Å². The molecule has 0 saturated carbocycles. The van der Waals surface area contributed by atoms with E-state index in [1.54, 1.807) is 56.3 Å². The molecule has 0 spiro atoms. The highest BCUT2D eigenvalue weighted by atomic mass is 32.2. The Morgan fingerprint density at radius 1 is 1.14 bits per heavy atom. The van der Waals surface area contributed by atoms with Crippen molar-refractivity contribution in [1.29, 1.82) is 0 Å². The van der Waals surface area contributed by atoms with Gasteiger partial charge in [-0.15, -0.1) is 0 Å². The molecule has 116 valence electrons. The largest absolute Gasteiger partial charge is 0.462 e.